The van der Waals surface area contributed by atoms with Crippen LogP contribution in [0.4, 0.5) is 5.69 Å². The van der Waals surface area contributed by atoms with Gasteiger partial charge in [0.2, 0.25) is 0 Å². The Labute approximate surface area is 212 Å². The van der Waals surface area contributed by atoms with E-state index in [-0.39, 0.29) is 0 Å². The van der Waals surface area contributed by atoms with Crippen molar-refractivity contribution in [3.63, 3.8) is 0 Å². The maximum Gasteiger partial charge on any atom is 0.119 e. The molecule has 5 rings (SSSR count). The molecule has 0 unspecified atom stereocenters. The fraction of sp³-hybridized carbons (Fsp3) is 0.188. The summed E-state index contributed by atoms with van der Waals surface area (Å²) in [5, 5.41) is 15.8. The Morgan fingerprint density at radius 3 is 2.11 bits per heavy atom. The summed E-state index contributed by atoms with van der Waals surface area (Å²) in [6.45, 7) is 5.22. The highest BCUT2D eigenvalue weighted by atomic mass is 16.5. The number of fused-ring (bicyclic) bond motifs is 1. The van der Waals surface area contributed by atoms with Gasteiger partial charge in [-0.05, 0) is 60.9 Å². The number of anilines is 1. The average Bonchev–Trinajstić information content (AvgIpc) is 3.22. The summed E-state index contributed by atoms with van der Waals surface area (Å²) in [4.78, 5) is 0. The van der Waals surface area contributed by atoms with Crippen molar-refractivity contribution in [3.05, 3.63) is 108 Å². The van der Waals surface area contributed by atoms with Gasteiger partial charge in [-0.2, -0.15) is 0 Å². The van der Waals surface area contributed by atoms with Gasteiger partial charge in [0.15, 0.2) is 0 Å². The second-order valence-electron chi connectivity index (χ2n) is 9.31. The largest absolute Gasteiger partial charge is 0.497 e. The number of nitrogens with zero attached hydrogens (tertiary/aromatic N) is 1. The summed E-state index contributed by atoms with van der Waals surface area (Å²) in [6, 6.07) is 33.3. The predicted molar refractivity (Wildman–Crippen MR) is 150 cm³/mol. The quantitative estimate of drug-likeness (QED) is 0.252. The molecule has 0 radical (unpaired) electrons. The minimum atomic E-state index is -0.588. The van der Waals surface area contributed by atoms with E-state index in [1.54, 1.807) is 7.11 Å². The van der Waals surface area contributed by atoms with Crippen molar-refractivity contribution in [2.75, 3.05) is 19.0 Å². The van der Waals surface area contributed by atoms with Crippen LogP contribution in [0.1, 0.15) is 11.1 Å². The van der Waals surface area contributed by atoms with E-state index in [0.717, 1.165) is 22.7 Å². The van der Waals surface area contributed by atoms with Crippen molar-refractivity contribution in [3.8, 4) is 28.1 Å². The number of hydrogen-bond acceptors (Lipinski definition) is 3. The van der Waals surface area contributed by atoms with E-state index in [9.17, 15) is 5.11 Å². The van der Waals surface area contributed by atoms with Crippen LogP contribution in [0.15, 0.2) is 97.1 Å². The fourth-order valence-corrected chi connectivity index (χ4v) is 5.08. The third-order valence-electron chi connectivity index (χ3n) is 6.63. The number of benzene rings is 4. The van der Waals surface area contributed by atoms with Gasteiger partial charge in [0.1, 0.15) is 5.75 Å². The molecule has 0 bridgehead atoms. The number of hydrogen-bond donors (Lipinski definition) is 2. The smallest absolute Gasteiger partial charge is 0.119 e. The third-order valence-corrected chi connectivity index (χ3v) is 6.63. The molecule has 2 N–H and O–H groups in total. The van der Waals surface area contributed by atoms with Gasteiger partial charge in [-0.15, -0.1) is 0 Å². The first kappa shape index (κ1) is 23.7. The third kappa shape index (κ3) is 4.73. The van der Waals surface area contributed by atoms with Crippen LogP contribution in [-0.2, 0) is 6.54 Å². The lowest BCUT2D eigenvalue weighted by Crippen LogP contribution is -2.25. The Bertz CT molecular complexity index is 1460. The number of aliphatic hydroxyl groups is 1. The summed E-state index contributed by atoms with van der Waals surface area (Å²) < 4.78 is 7.56. The average molecular weight is 477 g/mol. The van der Waals surface area contributed by atoms with Crippen molar-refractivity contribution in [1.82, 2.24) is 4.57 Å². The lowest BCUT2D eigenvalue weighted by atomic mass is 9.97. The van der Waals surface area contributed by atoms with E-state index in [0.29, 0.717) is 13.1 Å². The highest BCUT2D eigenvalue weighted by Gasteiger charge is 2.23. The van der Waals surface area contributed by atoms with Gasteiger partial charge in [-0.25, -0.2) is 0 Å². The molecule has 1 aromatic heterocycles. The van der Waals surface area contributed by atoms with Crippen molar-refractivity contribution in [2.45, 2.75) is 26.5 Å². The molecular weight excluding hydrogens is 444 g/mol. The summed E-state index contributed by atoms with van der Waals surface area (Å²) in [5.41, 5.74) is 9.22. The maximum absolute atomic E-state index is 11.2. The Morgan fingerprint density at radius 2 is 1.47 bits per heavy atom. The summed E-state index contributed by atoms with van der Waals surface area (Å²) in [7, 11) is 1.66. The van der Waals surface area contributed by atoms with Crippen molar-refractivity contribution >= 4 is 16.6 Å². The van der Waals surface area contributed by atoms with Crippen LogP contribution in [0.25, 0.3) is 33.3 Å². The highest BCUT2D eigenvalue weighted by molar-refractivity contribution is 6.06. The van der Waals surface area contributed by atoms with Gasteiger partial charge in [0, 0.05) is 23.2 Å². The van der Waals surface area contributed by atoms with Gasteiger partial charge >= 0.3 is 0 Å². The Balaban J connectivity index is 1.60. The molecule has 0 aliphatic heterocycles. The maximum atomic E-state index is 11.2. The summed E-state index contributed by atoms with van der Waals surface area (Å²) >= 11 is 0. The number of rotatable bonds is 8. The van der Waals surface area contributed by atoms with E-state index < -0.39 is 6.10 Å². The lowest BCUT2D eigenvalue weighted by molar-refractivity contribution is 0.169. The molecule has 0 fully saturated rings. The molecular formula is C32H32N2O2. The molecule has 0 aliphatic carbocycles. The molecule has 1 atom stereocenters. The Kier molecular flexibility index (Phi) is 6.79. The summed E-state index contributed by atoms with van der Waals surface area (Å²) in [5.74, 6) is 0.812. The Morgan fingerprint density at radius 1 is 0.833 bits per heavy atom. The minimum Gasteiger partial charge on any atom is -0.497 e. The summed E-state index contributed by atoms with van der Waals surface area (Å²) in [6.07, 6.45) is -0.588. The van der Waals surface area contributed by atoms with Gasteiger partial charge in [-0.3, -0.25) is 0 Å². The first-order valence-corrected chi connectivity index (χ1v) is 12.4. The van der Waals surface area contributed by atoms with Crippen LogP contribution in [0.3, 0.4) is 0 Å². The van der Waals surface area contributed by atoms with Crippen LogP contribution in [0.5, 0.6) is 5.75 Å². The van der Waals surface area contributed by atoms with Crippen LogP contribution in [0, 0.1) is 13.8 Å². The van der Waals surface area contributed by atoms with E-state index in [2.05, 4.69) is 90.5 Å². The van der Waals surface area contributed by atoms with Crippen LogP contribution in [0.2, 0.25) is 0 Å². The molecule has 0 saturated heterocycles. The minimum absolute atomic E-state index is 0.436. The highest BCUT2D eigenvalue weighted by Crippen LogP contribution is 2.42. The second-order valence-corrected chi connectivity index (χ2v) is 9.31. The van der Waals surface area contributed by atoms with E-state index in [1.165, 1.54) is 33.2 Å². The molecule has 4 nitrogen and oxygen atoms in total. The normalized spacial score (nSPS) is 12.0. The molecule has 182 valence electrons. The Hall–Kier alpha value is -4.02. The molecule has 0 aliphatic rings. The lowest BCUT2D eigenvalue weighted by Gasteiger charge is -2.19. The van der Waals surface area contributed by atoms with Crippen molar-refractivity contribution in [1.29, 1.82) is 0 Å². The van der Waals surface area contributed by atoms with Crippen LogP contribution in [-0.4, -0.2) is 29.4 Å². The number of nitrogens with one attached hydrogen (secondary N) is 1. The molecule has 0 amide bonds. The molecule has 0 saturated carbocycles. The van der Waals surface area contributed by atoms with Crippen molar-refractivity contribution < 1.29 is 9.84 Å². The molecule has 5 aromatic rings. The number of aliphatic hydroxyl groups excluding tert-OH is 1. The van der Waals surface area contributed by atoms with Gasteiger partial charge in [0.05, 0.1) is 31.0 Å². The van der Waals surface area contributed by atoms with E-state index in [4.69, 9.17) is 4.74 Å². The fourth-order valence-electron chi connectivity index (χ4n) is 5.08. The zero-order chi connectivity index (χ0) is 25.1. The first-order chi connectivity index (χ1) is 17.5. The monoisotopic (exact) mass is 476 g/mol. The number of aryl methyl sites for hydroxylation is 2. The molecule has 4 aromatic carbocycles. The van der Waals surface area contributed by atoms with Crippen LogP contribution >= 0.6 is 0 Å². The first-order valence-electron chi connectivity index (χ1n) is 12.4. The molecule has 1 heterocycles. The zero-order valence-electron chi connectivity index (χ0n) is 21.0. The van der Waals surface area contributed by atoms with E-state index in [1.807, 2.05) is 30.3 Å². The van der Waals surface area contributed by atoms with E-state index >= 15 is 0 Å². The van der Waals surface area contributed by atoms with Gasteiger partial charge in [-0.1, -0.05) is 72.3 Å². The predicted octanol–water partition coefficient (Wildman–Crippen LogP) is 7.07. The number of aromatic nitrogens is 1. The standard InChI is InChI=1S/C32H32N2O2/c1-22-18-23(2)31-29(19-22)30(24-10-6-4-7-11-24)32(25-12-8-5-9-13-25)34(31)21-27(35)20-33-26-14-16-28(36-3)17-15-26/h4-19,27,33,35H,20-21H2,1-3H3/t27-/m0/s1. The molecule has 4 heteroatoms. The zero-order valence-corrected chi connectivity index (χ0v) is 21.0. The SMILES string of the molecule is COc1ccc(NC[C@H](O)Cn2c(-c3ccccc3)c(-c3ccccc3)c3cc(C)cc(C)c32)cc1. The molecule has 36 heavy (non-hydrogen) atoms. The number of methoxy groups -OCH3 is 1. The number of ether oxygens (including phenoxy) is 1. The second kappa shape index (κ2) is 10.3. The topological polar surface area (TPSA) is 46.4 Å². The van der Waals surface area contributed by atoms with Crippen molar-refractivity contribution in [2.24, 2.45) is 0 Å². The van der Waals surface area contributed by atoms with Crippen LogP contribution < -0.4 is 10.1 Å². The molecule has 0 spiro atoms. The van der Waals surface area contributed by atoms with Gasteiger partial charge < -0.3 is 19.7 Å². The van der Waals surface area contributed by atoms with Gasteiger partial charge in [0.25, 0.3) is 0 Å².